The second-order valence-electron chi connectivity index (χ2n) is 7.74. The number of anilines is 1. The van der Waals surface area contributed by atoms with Crippen molar-refractivity contribution >= 4 is 41.0 Å². The zero-order valence-electron chi connectivity index (χ0n) is 18.7. The number of para-hydroxylation sites is 1. The number of aryl methyl sites for hydroxylation is 1. The molecular formula is C26H24ClN3O3. The van der Waals surface area contributed by atoms with Crippen molar-refractivity contribution in [3.05, 3.63) is 93.3 Å². The predicted octanol–water partition coefficient (Wildman–Crippen LogP) is 5.55. The summed E-state index contributed by atoms with van der Waals surface area (Å²) in [6, 6.07) is 16.8. The number of benzene rings is 2. The van der Waals surface area contributed by atoms with Crippen LogP contribution in [-0.4, -0.2) is 29.2 Å². The Bertz CT molecular complexity index is 1280. The maximum atomic E-state index is 13.2. The van der Waals surface area contributed by atoms with E-state index in [1.54, 1.807) is 26.0 Å². The van der Waals surface area contributed by atoms with Crippen LogP contribution in [0, 0.1) is 6.92 Å². The Morgan fingerprint density at radius 3 is 2.61 bits per heavy atom. The summed E-state index contributed by atoms with van der Waals surface area (Å²) in [6.45, 7) is 5.66. The quantitative estimate of drug-likeness (QED) is 0.386. The van der Waals surface area contributed by atoms with Gasteiger partial charge in [-0.2, -0.15) is 10.1 Å². The van der Waals surface area contributed by atoms with Gasteiger partial charge in [0.15, 0.2) is 0 Å². The van der Waals surface area contributed by atoms with Crippen LogP contribution in [0.1, 0.15) is 46.7 Å². The lowest BCUT2D eigenvalue weighted by Crippen LogP contribution is -2.21. The van der Waals surface area contributed by atoms with Gasteiger partial charge in [0.2, 0.25) is 0 Å². The van der Waals surface area contributed by atoms with Crippen LogP contribution >= 0.6 is 11.6 Å². The van der Waals surface area contributed by atoms with Gasteiger partial charge in [-0.25, -0.2) is 4.79 Å². The highest BCUT2D eigenvalue weighted by Gasteiger charge is 2.30. The molecule has 1 N–H and O–H groups in total. The molecule has 0 saturated heterocycles. The number of halogens is 1. The fourth-order valence-electron chi connectivity index (χ4n) is 3.91. The molecule has 1 aliphatic heterocycles. The Labute approximate surface area is 197 Å². The number of esters is 1. The van der Waals surface area contributed by atoms with Crippen LogP contribution in [0.15, 0.2) is 65.3 Å². The van der Waals surface area contributed by atoms with Gasteiger partial charge in [-0.15, -0.1) is 0 Å². The Kier molecular flexibility index (Phi) is 6.47. The molecule has 0 atom stereocenters. The Morgan fingerprint density at radius 2 is 1.91 bits per heavy atom. The molecule has 168 valence electrons. The molecule has 1 aromatic heterocycles. The normalized spacial score (nSPS) is 14.7. The van der Waals surface area contributed by atoms with Crippen molar-refractivity contribution in [3.8, 4) is 0 Å². The lowest BCUT2D eigenvalue weighted by molar-refractivity contribution is -0.114. The van der Waals surface area contributed by atoms with E-state index < -0.39 is 5.97 Å². The maximum absolute atomic E-state index is 13.2. The van der Waals surface area contributed by atoms with Crippen molar-refractivity contribution < 1.29 is 14.3 Å². The topological polar surface area (TPSA) is 74.8 Å². The first kappa shape index (κ1) is 22.6. The first-order valence-corrected chi connectivity index (χ1v) is 11.1. The van der Waals surface area contributed by atoms with Gasteiger partial charge < -0.3 is 9.72 Å². The molecule has 0 saturated carbocycles. The summed E-state index contributed by atoms with van der Waals surface area (Å²) in [5.74, 6) is -0.626. The van der Waals surface area contributed by atoms with Crippen LogP contribution in [0.5, 0.6) is 0 Å². The van der Waals surface area contributed by atoms with Crippen LogP contribution in [-0.2, 0) is 16.0 Å². The minimum absolute atomic E-state index is 0.225. The van der Waals surface area contributed by atoms with Crippen molar-refractivity contribution in [3.63, 3.8) is 0 Å². The van der Waals surface area contributed by atoms with E-state index in [9.17, 15) is 9.59 Å². The highest BCUT2D eigenvalue weighted by Crippen LogP contribution is 2.29. The van der Waals surface area contributed by atoms with Gasteiger partial charge in [0.05, 0.1) is 29.1 Å². The molecule has 33 heavy (non-hydrogen) atoms. The van der Waals surface area contributed by atoms with Crippen molar-refractivity contribution in [2.24, 2.45) is 5.10 Å². The summed E-state index contributed by atoms with van der Waals surface area (Å²) in [5.41, 5.74) is 5.27. The number of carbonyl (C=O) groups is 2. The van der Waals surface area contributed by atoms with Gasteiger partial charge in [0.25, 0.3) is 5.91 Å². The number of carbonyl (C=O) groups excluding carboxylic acids is 2. The fraction of sp³-hybridized carbons (Fsp3) is 0.192. The molecular weight excluding hydrogens is 438 g/mol. The average Bonchev–Trinajstić information content (AvgIpc) is 3.25. The minimum atomic E-state index is -0.401. The first-order chi connectivity index (χ1) is 15.9. The summed E-state index contributed by atoms with van der Waals surface area (Å²) >= 11 is 6.18. The van der Waals surface area contributed by atoms with E-state index >= 15 is 0 Å². The number of ether oxygens (including phenoxy) is 1. The van der Waals surface area contributed by atoms with E-state index in [-0.39, 0.29) is 12.5 Å². The molecule has 1 aliphatic rings. The van der Waals surface area contributed by atoms with E-state index in [1.807, 2.05) is 55.5 Å². The first-order valence-electron chi connectivity index (χ1n) is 10.7. The molecule has 0 aliphatic carbocycles. The molecule has 2 heterocycles. The second kappa shape index (κ2) is 9.46. The maximum Gasteiger partial charge on any atom is 0.340 e. The number of hydrazone groups is 1. The van der Waals surface area contributed by atoms with E-state index in [1.165, 1.54) is 5.01 Å². The van der Waals surface area contributed by atoms with Crippen molar-refractivity contribution in [2.75, 3.05) is 11.6 Å². The van der Waals surface area contributed by atoms with Crippen LogP contribution in [0.2, 0.25) is 5.02 Å². The number of aromatic amines is 1. The Hall–Kier alpha value is -3.64. The fourth-order valence-corrected chi connectivity index (χ4v) is 4.12. The molecule has 0 unspecified atom stereocenters. The number of nitrogens with zero attached hydrogens (tertiary/aromatic N) is 2. The van der Waals surface area contributed by atoms with Crippen molar-refractivity contribution in [2.45, 2.75) is 27.2 Å². The predicted molar refractivity (Wildman–Crippen MR) is 131 cm³/mol. The van der Waals surface area contributed by atoms with E-state index in [4.69, 9.17) is 16.3 Å². The number of aromatic nitrogens is 1. The van der Waals surface area contributed by atoms with Gasteiger partial charge in [-0.05, 0) is 62.2 Å². The number of rotatable bonds is 6. The van der Waals surface area contributed by atoms with E-state index in [0.29, 0.717) is 45.4 Å². The van der Waals surface area contributed by atoms with Crippen LogP contribution in [0.3, 0.4) is 0 Å². The molecule has 0 radical (unpaired) electrons. The van der Waals surface area contributed by atoms with E-state index in [0.717, 1.165) is 11.1 Å². The lowest BCUT2D eigenvalue weighted by atomic mass is 9.98. The largest absolute Gasteiger partial charge is 0.462 e. The van der Waals surface area contributed by atoms with Gasteiger partial charge >= 0.3 is 5.97 Å². The monoisotopic (exact) mass is 461 g/mol. The van der Waals surface area contributed by atoms with Gasteiger partial charge in [-0.3, -0.25) is 4.79 Å². The molecule has 4 rings (SSSR count). The number of hydrogen-bond donors (Lipinski definition) is 1. The summed E-state index contributed by atoms with van der Waals surface area (Å²) in [7, 11) is 0. The Morgan fingerprint density at radius 1 is 1.15 bits per heavy atom. The third kappa shape index (κ3) is 4.61. The minimum Gasteiger partial charge on any atom is -0.462 e. The SMILES string of the molecule is CCOC(=O)c1c(C)[nH]c(/C=C2/C(=O)N(c3ccccc3)N=C2C)c1Cc1cccc(Cl)c1. The third-order valence-electron chi connectivity index (χ3n) is 5.43. The molecule has 0 fully saturated rings. The van der Waals surface area contributed by atoms with Crippen LogP contribution < -0.4 is 5.01 Å². The molecule has 7 heteroatoms. The number of hydrogen-bond acceptors (Lipinski definition) is 4. The van der Waals surface area contributed by atoms with Crippen molar-refractivity contribution in [1.82, 2.24) is 4.98 Å². The smallest absolute Gasteiger partial charge is 0.340 e. The highest BCUT2D eigenvalue weighted by atomic mass is 35.5. The van der Waals surface area contributed by atoms with Crippen molar-refractivity contribution in [1.29, 1.82) is 0 Å². The zero-order chi connectivity index (χ0) is 23.5. The van der Waals surface area contributed by atoms with Gasteiger partial charge in [0.1, 0.15) is 0 Å². The second-order valence-corrected chi connectivity index (χ2v) is 8.18. The summed E-state index contributed by atoms with van der Waals surface area (Å²) in [4.78, 5) is 29.2. The third-order valence-corrected chi connectivity index (χ3v) is 5.66. The molecule has 0 spiro atoms. The number of H-pyrrole nitrogens is 1. The molecule has 6 nitrogen and oxygen atoms in total. The molecule has 3 aromatic rings. The van der Waals surface area contributed by atoms with E-state index in [2.05, 4.69) is 10.1 Å². The Balaban J connectivity index is 1.78. The number of amides is 1. The average molecular weight is 462 g/mol. The zero-order valence-corrected chi connectivity index (χ0v) is 19.4. The standard InChI is InChI=1S/C26H24ClN3O3/c1-4-33-26(32)24-17(3)28-23(22(24)14-18-9-8-10-19(27)13-18)15-21-16(2)29-30(25(21)31)20-11-6-5-7-12-20/h5-13,15,28H,4,14H2,1-3H3/b21-15+. The van der Waals surface area contributed by atoms with Crippen LogP contribution in [0.25, 0.3) is 6.08 Å². The molecule has 0 bridgehead atoms. The lowest BCUT2D eigenvalue weighted by Gasteiger charge is -2.11. The number of nitrogens with one attached hydrogen (secondary N) is 1. The summed E-state index contributed by atoms with van der Waals surface area (Å²) in [5, 5.41) is 6.45. The summed E-state index contributed by atoms with van der Waals surface area (Å²) in [6.07, 6.45) is 2.21. The highest BCUT2D eigenvalue weighted by molar-refractivity contribution is 6.32. The molecule has 2 aromatic carbocycles. The van der Waals surface area contributed by atoms with Crippen LogP contribution in [0.4, 0.5) is 5.69 Å². The van der Waals surface area contributed by atoms with Gasteiger partial charge in [0, 0.05) is 22.8 Å². The summed E-state index contributed by atoms with van der Waals surface area (Å²) < 4.78 is 5.31. The molecule has 1 amide bonds. The van der Waals surface area contributed by atoms with Gasteiger partial charge in [-0.1, -0.05) is 41.9 Å².